The average molecular weight is 307 g/mol. The van der Waals surface area contributed by atoms with Crippen molar-refractivity contribution >= 4 is 29.3 Å². The van der Waals surface area contributed by atoms with Crippen molar-refractivity contribution in [2.24, 2.45) is 0 Å². The molecule has 0 unspecified atom stereocenters. The van der Waals surface area contributed by atoms with Crippen LogP contribution in [0.3, 0.4) is 0 Å². The highest BCUT2D eigenvalue weighted by Gasteiger charge is 2.44. The molecule has 2 fully saturated rings. The van der Waals surface area contributed by atoms with E-state index in [1.807, 2.05) is 6.07 Å². The van der Waals surface area contributed by atoms with Gasteiger partial charge in [0.1, 0.15) is 6.04 Å². The number of imide groups is 1. The molecule has 110 valence electrons. The predicted molar refractivity (Wildman–Crippen MR) is 76.6 cm³/mol. The summed E-state index contributed by atoms with van der Waals surface area (Å²) < 4.78 is 0. The molecule has 1 heterocycles. The van der Waals surface area contributed by atoms with E-state index in [9.17, 15) is 14.4 Å². The fraction of sp³-hybridized carbons (Fsp3) is 0.400. The van der Waals surface area contributed by atoms with Crippen molar-refractivity contribution in [1.82, 2.24) is 10.2 Å². The van der Waals surface area contributed by atoms with E-state index in [1.54, 1.807) is 23.1 Å². The summed E-state index contributed by atoms with van der Waals surface area (Å²) in [7, 11) is 0. The molecule has 3 amide bonds. The number of rotatable bonds is 4. The van der Waals surface area contributed by atoms with E-state index in [1.165, 1.54) is 0 Å². The van der Waals surface area contributed by atoms with Crippen LogP contribution >= 0.6 is 11.6 Å². The molecule has 0 radical (unpaired) electrons. The Bertz CT molecular complexity index is 613. The molecule has 0 spiro atoms. The molecule has 1 aliphatic heterocycles. The summed E-state index contributed by atoms with van der Waals surface area (Å²) >= 11 is 6.08. The monoisotopic (exact) mass is 306 g/mol. The zero-order valence-electron chi connectivity index (χ0n) is 11.3. The van der Waals surface area contributed by atoms with E-state index in [2.05, 4.69) is 5.32 Å². The number of halogens is 1. The molecule has 1 N–H and O–H groups in total. The minimum Gasteiger partial charge on any atom is -0.327 e. The summed E-state index contributed by atoms with van der Waals surface area (Å²) in [4.78, 5) is 37.3. The second kappa shape index (κ2) is 5.48. The second-order valence-electron chi connectivity index (χ2n) is 5.43. The van der Waals surface area contributed by atoms with E-state index in [0.717, 1.165) is 18.4 Å². The van der Waals surface area contributed by atoms with Crippen molar-refractivity contribution < 1.29 is 14.4 Å². The van der Waals surface area contributed by atoms with Gasteiger partial charge in [0.25, 0.3) is 0 Å². The van der Waals surface area contributed by atoms with Crippen LogP contribution in [0.25, 0.3) is 0 Å². The smallest absolute Gasteiger partial charge is 0.249 e. The number of nitrogens with one attached hydrogen (secondary N) is 1. The van der Waals surface area contributed by atoms with Crippen molar-refractivity contribution in [3.05, 3.63) is 34.9 Å². The zero-order chi connectivity index (χ0) is 15.0. The third-order valence-electron chi connectivity index (χ3n) is 3.81. The van der Waals surface area contributed by atoms with Gasteiger partial charge in [0.05, 0.1) is 12.8 Å². The van der Waals surface area contributed by atoms with Gasteiger partial charge in [-0.3, -0.25) is 19.7 Å². The van der Waals surface area contributed by atoms with Gasteiger partial charge < -0.3 is 4.90 Å². The predicted octanol–water partition coefficient (Wildman–Crippen LogP) is 1.29. The Kier molecular flexibility index (Phi) is 3.68. The number of carbonyl (C=O) groups is 3. The highest BCUT2D eigenvalue weighted by molar-refractivity contribution is 6.31. The summed E-state index contributed by atoms with van der Waals surface area (Å²) in [6, 6.07) is 6.56. The van der Waals surface area contributed by atoms with Crippen LogP contribution in [0.2, 0.25) is 5.02 Å². The van der Waals surface area contributed by atoms with E-state index in [4.69, 9.17) is 11.6 Å². The van der Waals surface area contributed by atoms with Gasteiger partial charge >= 0.3 is 0 Å². The lowest BCUT2D eigenvalue weighted by Crippen LogP contribution is -2.46. The number of amides is 3. The second-order valence-corrected chi connectivity index (χ2v) is 5.84. The van der Waals surface area contributed by atoms with Gasteiger partial charge in [0.2, 0.25) is 17.7 Å². The van der Waals surface area contributed by atoms with Gasteiger partial charge in [-0.2, -0.15) is 0 Å². The van der Waals surface area contributed by atoms with Gasteiger partial charge in [-0.1, -0.05) is 29.8 Å². The fourth-order valence-electron chi connectivity index (χ4n) is 2.65. The minimum atomic E-state index is -0.667. The molecule has 1 aliphatic carbocycles. The molecule has 5 nitrogen and oxygen atoms in total. The largest absolute Gasteiger partial charge is 0.327 e. The van der Waals surface area contributed by atoms with Crippen LogP contribution in [0.5, 0.6) is 0 Å². The summed E-state index contributed by atoms with van der Waals surface area (Å²) in [6.45, 7) is 0. The van der Waals surface area contributed by atoms with E-state index >= 15 is 0 Å². The molecule has 1 atom stereocenters. The Hall–Kier alpha value is -1.88. The van der Waals surface area contributed by atoms with Crippen LogP contribution in [0.15, 0.2) is 24.3 Å². The van der Waals surface area contributed by atoms with Crippen LogP contribution in [0.1, 0.15) is 24.8 Å². The lowest BCUT2D eigenvalue weighted by Gasteiger charge is -2.27. The van der Waals surface area contributed by atoms with Gasteiger partial charge in [0.15, 0.2) is 0 Å². The van der Waals surface area contributed by atoms with Crippen molar-refractivity contribution in [3.8, 4) is 0 Å². The molecule has 3 rings (SSSR count). The first-order chi connectivity index (χ1) is 10.1. The summed E-state index contributed by atoms with van der Waals surface area (Å²) in [6.07, 6.45) is 1.97. The first-order valence-electron chi connectivity index (χ1n) is 6.94. The molecule has 0 bridgehead atoms. The summed E-state index contributed by atoms with van der Waals surface area (Å²) in [5, 5.41) is 2.80. The quantitative estimate of drug-likeness (QED) is 0.852. The first-order valence-corrected chi connectivity index (χ1v) is 7.32. The SMILES string of the molecule is O=C1C[C@@H](N(C(=O)Cc2ccccc2Cl)C2CC2)C(=O)N1. The van der Waals surface area contributed by atoms with E-state index < -0.39 is 6.04 Å². The minimum absolute atomic E-state index is 0.0591. The van der Waals surface area contributed by atoms with Crippen LogP contribution in [-0.2, 0) is 20.8 Å². The number of nitrogens with zero attached hydrogens (tertiary/aromatic N) is 1. The molecule has 6 heteroatoms. The average Bonchev–Trinajstić information content (AvgIpc) is 3.19. The maximum absolute atomic E-state index is 12.6. The van der Waals surface area contributed by atoms with Gasteiger partial charge in [-0.25, -0.2) is 0 Å². The molecule has 1 aromatic carbocycles. The highest BCUT2D eigenvalue weighted by Crippen LogP contribution is 2.31. The molecular weight excluding hydrogens is 292 g/mol. The Morgan fingerprint density at radius 3 is 2.57 bits per heavy atom. The maximum Gasteiger partial charge on any atom is 0.249 e. The number of benzene rings is 1. The molecule has 1 saturated heterocycles. The molecule has 1 aromatic rings. The number of carbonyl (C=O) groups excluding carboxylic acids is 3. The van der Waals surface area contributed by atoms with Crippen molar-refractivity contribution in [2.75, 3.05) is 0 Å². The van der Waals surface area contributed by atoms with Gasteiger partial charge in [0, 0.05) is 11.1 Å². The van der Waals surface area contributed by atoms with Gasteiger partial charge in [-0.15, -0.1) is 0 Å². The molecular formula is C15H15ClN2O3. The summed E-state index contributed by atoms with van der Waals surface area (Å²) in [5.41, 5.74) is 0.736. The van der Waals surface area contributed by atoms with Crippen LogP contribution in [0.4, 0.5) is 0 Å². The van der Waals surface area contributed by atoms with E-state index in [-0.39, 0.29) is 36.6 Å². The fourth-order valence-corrected chi connectivity index (χ4v) is 2.85. The van der Waals surface area contributed by atoms with Crippen LogP contribution in [-0.4, -0.2) is 34.7 Å². The Balaban J connectivity index is 1.78. The van der Waals surface area contributed by atoms with Crippen molar-refractivity contribution in [3.63, 3.8) is 0 Å². The van der Waals surface area contributed by atoms with Crippen LogP contribution in [0, 0.1) is 0 Å². The third-order valence-corrected chi connectivity index (χ3v) is 4.18. The number of hydrogen-bond donors (Lipinski definition) is 1. The Labute approximate surface area is 127 Å². The normalized spacial score (nSPS) is 21.3. The summed E-state index contributed by atoms with van der Waals surface area (Å²) in [5.74, 6) is -0.846. The lowest BCUT2D eigenvalue weighted by molar-refractivity contribution is -0.139. The molecule has 2 aliphatic rings. The maximum atomic E-state index is 12.6. The lowest BCUT2D eigenvalue weighted by atomic mass is 10.1. The standard InChI is InChI=1S/C15H15ClN2O3/c16-11-4-2-1-3-9(11)7-14(20)18(10-5-6-10)12-8-13(19)17-15(12)21/h1-4,10,12H,5-8H2,(H,17,19,21)/t12-/m1/s1. The molecule has 1 saturated carbocycles. The topological polar surface area (TPSA) is 66.5 Å². The van der Waals surface area contributed by atoms with E-state index in [0.29, 0.717) is 5.02 Å². The van der Waals surface area contributed by atoms with Gasteiger partial charge in [-0.05, 0) is 24.5 Å². The Morgan fingerprint density at radius 1 is 1.29 bits per heavy atom. The first kappa shape index (κ1) is 14.1. The third kappa shape index (κ3) is 2.93. The van der Waals surface area contributed by atoms with Crippen LogP contribution < -0.4 is 5.32 Å². The number of hydrogen-bond acceptors (Lipinski definition) is 3. The molecule has 0 aromatic heterocycles. The van der Waals surface area contributed by atoms with Crippen molar-refractivity contribution in [2.45, 2.75) is 37.8 Å². The highest BCUT2D eigenvalue weighted by atomic mass is 35.5. The van der Waals surface area contributed by atoms with Crippen molar-refractivity contribution in [1.29, 1.82) is 0 Å². The Morgan fingerprint density at radius 2 is 2.00 bits per heavy atom. The molecule has 21 heavy (non-hydrogen) atoms. The zero-order valence-corrected chi connectivity index (χ0v) is 12.1.